The molecule has 2 nitrogen and oxygen atoms in total. The first-order valence-electron chi connectivity index (χ1n) is 3.25. The molecule has 0 aromatic rings. The minimum atomic E-state index is 0. The Morgan fingerprint density at radius 2 is 1.62 bits per heavy atom. The topological polar surface area (TPSA) is 50.6 Å². The summed E-state index contributed by atoms with van der Waals surface area (Å²) in [7, 11) is 0. The van der Waals surface area contributed by atoms with Crippen LogP contribution >= 0.6 is 0 Å². The van der Waals surface area contributed by atoms with E-state index in [1.165, 1.54) is 0 Å². The summed E-state index contributed by atoms with van der Waals surface area (Å²) in [6.07, 6.45) is 7.64. The van der Waals surface area contributed by atoms with Gasteiger partial charge in [-0.05, 0) is 6.08 Å². The Balaban J connectivity index is -0.0000000335. The van der Waals surface area contributed by atoms with Crippen molar-refractivity contribution in [2.24, 2.45) is 0 Å². The van der Waals surface area contributed by atoms with Crippen molar-refractivity contribution in [1.29, 1.82) is 0 Å². The SMILES string of the molecule is CC.O=C1C=CC=CC1.[CH3-].[NH2-].[Rb+].[Rb+]. The van der Waals surface area contributed by atoms with Crippen LogP contribution in [0.25, 0.3) is 6.15 Å². The van der Waals surface area contributed by atoms with E-state index in [4.69, 9.17) is 0 Å². The van der Waals surface area contributed by atoms with Gasteiger partial charge < -0.3 is 13.6 Å². The predicted octanol–water partition coefficient (Wildman–Crippen LogP) is -2.73. The summed E-state index contributed by atoms with van der Waals surface area (Å²) < 4.78 is 0. The Morgan fingerprint density at radius 1 is 1.15 bits per heavy atom. The van der Waals surface area contributed by atoms with Crippen molar-refractivity contribution >= 4 is 5.78 Å². The summed E-state index contributed by atoms with van der Waals surface area (Å²) in [5.41, 5.74) is 0. The molecule has 1 aliphatic rings. The molecule has 0 bridgehead atoms. The van der Waals surface area contributed by atoms with Crippen LogP contribution in [-0.4, -0.2) is 5.78 Å². The van der Waals surface area contributed by atoms with Gasteiger partial charge in [-0.1, -0.05) is 32.1 Å². The van der Waals surface area contributed by atoms with Gasteiger partial charge in [0.25, 0.3) is 0 Å². The van der Waals surface area contributed by atoms with Crippen LogP contribution in [0.5, 0.6) is 0 Å². The number of nitrogens with two attached hydrogens (primary N) is 1. The molecule has 0 aromatic heterocycles. The van der Waals surface area contributed by atoms with Crippen LogP contribution in [0.3, 0.4) is 0 Å². The van der Waals surface area contributed by atoms with Gasteiger partial charge in [0.05, 0.1) is 0 Å². The van der Waals surface area contributed by atoms with E-state index in [9.17, 15) is 4.79 Å². The summed E-state index contributed by atoms with van der Waals surface area (Å²) in [5.74, 6) is 0.197. The normalized spacial score (nSPS) is 10.2. The van der Waals surface area contributed by atoms with E-state index in [2.05, 4.69) is 0 Å². The molecule has 0 fully saturated rings. The Kier molecular flexibility index (Phi) is 55.0. The van der Waals surface area contributed by atoms with Crippen molar-refractivity contribution in [2.45, 2.75) is 20.3 Å². The summed E-state index contributed by atoms with van der Waals surface area (Å²) in [6.45, 7) is 4.00. The zero-order valence-electron chi connectivity index (χ0n) is 9.50. The van der Waals surface area contributed by atoms with Gasteiger partial charge >= 0.3 is 116 Å². The zero-order valence-corrected chi connectivity index (χ0v) is 19.3. The molecule has 0 unspecified atom stereocenters. The van der Waals surface area contributed by atoms with Gasteiger partial charge in [-0.2, -0.15) is 0 Å². The molecule has 1 aliphatic carbocycles. The van der Waals surface area contributed by atoms with Crippen molar-refractivity contribution < 1.29 is 121 Å². The minimum Gasteiger partial charge on any atom is -0.693 e. The molecule has 0 amide bonds. The quantitative estimate of drug-likeness (QED) is 0.446. The predicted molar refractivity (Wildman–Crippen MR) is 51.0 cm³/mol. The van der Waals surface area contributed by atoms with Gasteiger partial charge in [0.15, 0.2) is 5.78 Å². The summed E-state index contributed by atoms with van der Waals surface area (Å²) in [5, 5.41) is 0. The molecule has 0 radical (unpaired) electrons. The average molecular weight is 326 g/mol. The smallest absolute Gasteiger partial charge is 0.693 e. The molecule has 13 heavy (non-hydrogen) atoms. The molecule has 0 saturated heterocycles. The number of hydrogen-bond donors (Lipinski definition) is 0. The fraction of sp³-hybridized carbons (Fsp3) is 0.333. The molecule has 2 N–H and O–H groups in total. The molecule has 1 rings (SSSR count). The van der Waals surface area contributed by atoms with Crippen LogP contribution in [0.1, 0.15) is 20.3 Å². The maximum Gasteiger partial charge on any atom is 1.00 e. The van der Waals surface area contributed by atoms with Gasteiger partial charge in [-0.15, -0.1) is 0 Å². The van der Waals surface area contributed by atoms with Crippen LogP contribution in [-0.2, 0) is 4.79 Å². The average Bonchev–Trinajstić information content (AvgIpc) is 1.94. The molecule has 4 heteroatoms. The fourth-order valence-corrected chi connectivity index (χ4v) is 0.494. The largest absolute Gasteiger partial charge is 1.00 e. The maximum absolute atomic E-state index is 10.3. The monoisotopic (exact) mass is 325 g/mol. The van der Waals surface area contributed by atoms with Crippen molar-refractivity contribution in [1.82, 2.24) is 0 Å². The summed E-state index contributed by atoms with van der Waals surface area (Å²) in [6, 6.07) is 0. The molecule has 0 atom stereocenters. The van der Waals surface area contributed by atoms with E-state index in [0.29, 0.717) is 6.42 Å². The Bertz CT molecular complexity index is 145. The summed E-state index contributed by atoms with van der Waals surface area (Å²) in [4.78, 5) is 10.3. The minimum absolute atomic E-state index is 0. The van der Waals surface area contributed by atoms with E-state index < -0.39 is 0 Å². The Hall–Kier alpha value is 2.72. The van der Waals surface area contributed by atoms with Crippen LogP contribution < -0.4 is 116 Å². The van der Waals surface area contributed by atoms with Gasteiger partial charge in [0.1, 0.15) is 0 Å². The number of hydrogen-bond acceptors (Lipinski definition) is 1. The van der Waals surface area contributed by atoms with Crippen LogP contribution in [0.2, 0.25) is 0 Å². The van der Waals surface area contributed by atoms with E-state index in [-0.39, 0.29) is 136 Å². The molecule has 0 aromatic carbocycles. The second-order valence-corrected chi connectivity index (χ2v) is 1.46. The zero-order chi connectivity index (χ0) is 7.11. The van der Waals surface area contributed by atoms with Gasteiger partial charge in [-0.3, -0.25) is 4.79 Å². The van der Waals surface area contributed by atoms with E-state index in [0.717, 1.165) is 0 Å². The van der Waals surface area contributed by atoms with Gasteiger partial charge in [-0.25, -0.2) is 0 Å². The maximum atomic E-state index is 10.3. The molecule has 0 saturated carbocycles. The third-order valence-electron chi connectivity index (χ3n) is 0.848. The van der Waals surface area contributed by atoms with Gasteiger partial charge in [0, 0.05) is 6.42 Å². The molecule has 0 spiro atoms. The van der Waals surface area contributed by atoms with Crippen molar-refractivity contribution in [2.75, 3.05) is 0 Å². The molecule has 0 aliphatic heterocycles. The van der Waals surface area contributed by atoms with Crippen molar-refractivity contribution in [3.63, 3.8) is 0 Å². The Morgan fingerprint density at radius 3 is 1.77 bits per heavy atom. The van der Waals surface area contributed by atoms with Crippen LogP contribution in [0.15, 0.2) is 24.3 Å². The standard InChI is InChI=1S/C6H6O.C2H6.CH3.H2N.2Rb/c7-6-4-2-1-3-5-6;1-2;;;;/h1-4H,5H2;1-2H3;1H3;1H2;;/q;;2*-1;2*+1. The molecule has 0 heterocycles. The van der Waals surface area contributed by atoms with Crippen molar-refractivity contribution in [3.05, 3.63) is 37.9 Å². The first kappa shape index (κ1) is 29.6. The number of ketones is 1. The van der Waals surface area contributed by atoms with E-state index in [1.807, 2.05) is 26.0 Å². The number of carbonyl (C=O) groups is 1. The Labute approximate surface area is 180 Å². The van der Waals surface area contributed by atoms with Crippen LogP contribution in [0.4, 0.5) is 0 Å². The molecular weight excluding hydrogens is 309 g/mol. The van der Waals surface area contributed by atoms with E-state index >= 15 is 0 Å². The van der Waals surface area contributed by atoms with Gasteiger partial charge in [0.2, 0.25) is 0 Å². The second kappa shape index (κ2) is 24.1. The van der Waals surface area contributed by atoms with E-state index in [1.54, 1.807) is 12.2 Å². The number of carbonyl (C=O) groups excluding carboxylic acids is 1. The van der Waals surface area contributed by atoms with Crippen LogP contribution in [0, 0.1) is 7.43 Å². The number of allylic oxidation sites excluding steroid dienone is 4. The third-order valence-corrected chi connectivity index (χ3v) is 0.848. The van der Waals surface area contributed by atoms with Crippen molar-refractivity contribution in [3.8, 4) is 0 Å². The third kappa shape index (κ3) is 20.7. The summed E-state index contributed by atoms with van der Waals surface area (Å²) >= 11 is 0. The first-order valence-corrected chi connectivity index (χ1v) is 3.25. The fourth-order valence-electron chi connectivity index (χ4n) is 0.494. The second-order valence-electron chi connectivity index (χ2n) is 1.46. The number of rotatable bonds is 0. The molecular formula is C9H17NORb2. The molecule has 66 valence electrons. The first-order chi connectivity index (χ1) is 4.39.